The van der Waals surface area contributed by atoms with Crippen molar-refractivity contribution in [2.75, 3.05) is 6.61 Å². The largest absolute Gasteiger partial charge is 0.455 e. The van der Waals surface area contributed by atoms with Crippen molar-refractivity contribution in [3.63, 3.8) is 0 Å². The SMILES string of the molecule is CC1=C(CC(=O)N[C@H](CO)c2ccc(F)cc2F)C(=O)NC2CCC(C(F)(F)F)[N+](=O)C12. The molecule has 0 spiro atoms. The Balaban J connectivity index is 1.80. The van der Waals surface area contributed by atoms with Gasteiger partial charge in [0.25, 0.3) is 6.04 Å². The Bertz CT molecular complexity index is 978. The van der Waals surface area contributed by atoms with Crippen LogP contribution in [-0.2, 0) is 9.59 Å². The van der Waals surface area contributed by atoms with Crippen molar-refractivity contribution < 1.29 is 41.4 Å². The highest BCUT2D eigenvalue weighted by Crippen LogP contribution is 2.36. The van der Waals surface area contributed by atoms with Gasteiger partial charge in [0, 0.05) is 38.9 Å². The van der Waals surface area contributed by atoms with Gasteiger partial charge >= 0.3 is 6.18 Å². The van der Waals surface area contributed by atoms with E-state index >= 15 is 0 Å². The lowest BCUT2D eigenvalue weighted by Crippen LogP contribution is -2.60. The number of amides is 2. The standard InChI is InChI=1S/C20H20F5N3O4/c1-9-12(7-17(30)26-15(8-29)11-3-2-10(21)6-13(11)22)19(31)27-14-4-5-16(20(23,24)25)28(32)18(9)14/h2-3,6,14-16,18,29H,4-5,7-8H2,1H3,(H-,26,27,30,31)/p+1/t14?,15-,16?,18?/m1/s1. The summed E-state index contributed by atoms with van der Waals surface area (Å²) in [6.07, 6.45) is -5.85. The predicted molar refractivity (Wildman–Crippen MR) is 100 cm³/mol. The molecule has 2 aliphatic rings. The van der Waals surface area contributed by atoms with Gasteiger partial charge in [0.2, 0.25) is 17.9 Å². The molecule has 1 aromatic rings. The molecule has 3 rings (SSSR count). The minimum Gasteiger partial charge on any atom is -0.394 e. The molecule has 3 unspecified atom stereocenters. The number of benzene rings is 1. The highest BCUT2D eigenvalue weighted by Gasteiger charge is 2.59. The molecule has 32 heavy (non-hydrogen) atoms. The lowest BCUT2D eigenvalue weighted by atomic mass is 9.83. The van der Waals surface area contributed by atoms with Gasteiger partial charge in [-0.15, -0.1) is 0 Å². The van der Waals surface area contributed by atoms with Crippen molar-refractivity contribution >= 4 is 11.8 Å². The summed E-state index contributed by atoms with van der Waals surface area (Å²) in [5.74, 6) is -3.38. The fraction of sp³-hybridized carbons (Fsp3) is 0.500. The fourth-order valence-electron chi connectivity index (χ4n) is 4.19. The summed E-state index contributed by atoms with van der Waals surface area (Å²) in [5, 5.41) is 14.3. The highest BCUT2D eigenvalue weighted by molar-refractivity contribution is 6.00. The van der Waals surface area contributed by atoms with Gasteiger partial charge in [0.1, 0.15) is 11.6 Å². The number of alkyl halides is 3. The first-order valence-corrected chi connectivity index (χ1v) is 9.81. The first kappa shape index (κ1) is 23.8. The van der Waals surface area contributed by atoms with E-state index in [0.29, 0.717) is 6.07 Å². The normalized spacial score (nSPS) is 24.7. The summed E-state index contributed by atoms with van der Waals surface area (Å²) >= 11 is 0. The number of nitrogens with zero attached hydrogens (tertiary/aromatic N) is 1. The van der Waals surface area contributed by atoms with E-state index in [-0.39, 0.29) is 27.9 Å². The van der Waals surface area contributed by atoms with Gasteiger partial charge in [-0.25, -0.2) is 8.78 Å². The second-order valence-electron chi connectivity index (χ2n) is 7.83. The molecule has 0 saturated carbocycles. The molecule has 1 aromatic carbocycles. The molecular formula is C20H21F5N3O4+. The molecule has 3 N–H and O–H groups in total. The van der Waals surface area contributed by atoms with Gasteiger partial charge in [0.05, 0.1) is 25.1 Å². The molecule has 0 radical (unpaired) electrons. The van der Waals surface area contributed by atoms with Gasteiger partial charge < -0.3 is 15.7 Å². The van der Waals surface area contributed by atoms with Crippen LogP contribution in [0.3, 0.4) is 0 Å². The van der Waals surface area contributed by atoms with Gasteiger partial charge in [-0.3, -0.25) is 9.59 Å². The van der Waals surface area contributed by atoms with Crippen LogP contribution in [0.25, 0.3) is 0 Å². The second-order valence-corrected chi connectivity index (χ2v) is 7.83. The predicted octanol–water partition coefficient (Wildman–Crippen LogP) is 2.19. The molecule has 0 bridgehead atoms. The smallest absolute Gasteiger partial charge is 0.394 e. The molecule has 1 saturated heterocycles. The molecule has 2 aliphatic heterocycles. The fourth-order valence-corrected chi connectivity index (χ4v) is 4.19. The molecule has 1 fully saturated rings. The van der Waals surface area contributed by atoms with E-state index in [9.17, 15) is 41.6 Å². The number of piperidine rings is 1. The van der Waals surface area contributed by atoms with Crippen molar-refractivity contribution in [2.24, 2.45) is 0 Å². The summed E-state index contributed by atoms with van der Waals surface area (Å²) < 4.78 is 66.5. The topological polar surface area (TPSA) is 98.5 Å². The number of rotatable bonds is 5. The summed E-state index contributed by atoms with van der Waals surface area (Å²) in [7, 11) is 0. The third-order valence-corrected chi connectivity index (χ3v) is 5.79. The summed E-state index contributed by atoms with van der Waals surface area (Å²) in [4.78, 5) is 37.4. The molecule has 2 heterocycles. The first-order valence-electron chi connectivity index (χ1n) is 9.81. The molecule has 0 aromatic heterocycles. The zero-order valence-corrected chi connectivity index (χ0v) is 16.9. The van der Waals surface area contributed by atoms with Crippen LogP contribution < -0.4 is 10.6 Å². The Morgan fingerprint density at radius 1 is 1.31 bits per heavy atom. The van der Waals surface area contributed by atoms with Crippen LogP contribution in [0.5, 0.6) is 0 Å². The molecule has 0 aliphatic carbocycles. The van der Waals surface area contributed by atoms with Crippen molar-refractivity contribution in [1.29, 1.82) is 0 Å². The Morgan fingerprint density at radius 3 is 2.59 bits per heavy atom. The first-order chi connectivity index (χ1) is 14.9. The van der Waals surface area contributed by atoms with Gasteiger partial charge in [-0.05, 0) is 19.4 Å². The number of hydrogen-bond acceptors (Lipinski definition) is 4. The van der Waals surface area contributed by atoms with Gasteiger partial charge in [-0.1, -0.05) is 6.07 Å². The third-order valence-electron chi connectivity index (χ3n) is 5.79. The van der Waals surface area contributed by atoms with E-state index in [0.717, 1.165) is 12.1 Å². The number of halogens is 5. The third kappa shape index (κ3) is 4.64. The van der Waals surface area contributed by atoms with Crippen LogP contribution in [0.4, 0.5) is 22.0 Å². The Labute approximate surface area is 179 Å². The molecule has 12 heteroatoms. The van der Waals surface area contributed by atoms with Crippen LogP contribution in [0.1, 0.15) is 37.8 Å². The number of fused-ring (bicyclic) bond motifs is 1. The van der Waals surface area contributed by atoms with E-state index < -0.39 is 73.2 Å². The number of nitroso groups, excluding NO2 is 1. The average molecular weight is 462 g/mol. The number of aliphatic hydroxyl groups excluding tert-OH is 1. The highest BCUT2D eigenvalue weighted by atomic mass is 19.4. The maximum atomic E-state index is 14.0. The van der Waals surface area contributed by atoms with Crippen LogP contribution >= 0.6 is 0 Å². The maximum absolute atomic E-state index is 14.0. The van der Waals surface area contributed by atoms with E-state index in [4.69, 9.17) is 0 Å². The summed E-state index contributed by atoms with van der Waals surface area (Å²) in [6.45, 7) is 0.594. The minimum atomic E-state index is -4.74. The average Bonchev–Trinajstić information content (AvgIpc) is 2.68. The monoisotopic (exact) mass is 462 g/mol. The quantitative estimate of drug-likeness (QED) is 0.462. The molecule has 4 atom stereocenters. The van der Waals surface area contributed by atoms with Crippen molar-refractivity contribution in [1.82, 2.24) is 10.6 Å². The van der Waals surface area contributed by atoms with Crippen molar-refractivity contribution in [3.05, 3.63) is 51.5 Å². The Morgan fingerprint density at radius 2 is 2.00 bits per heavy atom. The Hall–Kier alpha value is -2.89. The van der Waals surface area contributed by atoms with Crippen LogP contribution in [0, 0.1) is 16.5 Å². The Kier molecular flexibility index (Phi) is 6.63. The number of aliphatic hydroxyl groups is 1. The van der Waals surface area contributed by atoms with E-state index in [1.54, 1.807) is 0 Å². The second kappa shape index (κ2) is 8.93. The number of carbonyl (C=O) groups is 2. The number of nitrogens with one attached hydrogen (secondary N) is 2. The molecular weight excluding hydrogens is 441 g/mol. The van der Waals surface area contributed by atoms with Crippen LogP contribution in [0.15, 0.2) is 29.3 Å². The van der Waals surface area contributed by atoms with E-state index in [1.165, 1.54) is 6.92 Å². The van der Waals surface area contributed by atoms with E-state index in [2.05, 4.69) is 10.6 Å². The molecule has 7 nitrogen and oxygen atoms in total. The number of carbonyl (C=O) groups excluding carboxylic acids is 2. The zero-order valence-electron chi connectivity index (χ0n) is 16.9. The maximum Gasteiger partial charge on any atom is 0.455 e. The van der Waals surface area contributed by atoms with Crippen LogP contribution in [0.2, 0.25) is 0 Å². The van der Waals surface area contributed by atoms with Gasteiger partial charge in [0.15, 0.2) is 0 Å². The van der Waals surface area contributed by atoms with Crippen molar-refractivity contribution in [2.45, 2.75) is 56.5 Å². The molecule has 2 amide bonds. The minimum absolute atomic E-state index is 0.0476. The lowest BCUT2D eigenvalue weighted by Gasteiger charge is -2.34. The molecule has 174 valence electrons. The summed E-state index contributed by atoms with van der Waals surface area (Å²) in [5.41, 5.74) is -0.317. The van der Waals surface area contributed by atoms with E-state index in [1.807, 2.05) is 0 Å². The summed E-state index contributed by atoms with van der Waals surface area (Å²) in [6, 6.07) is -3.00. The van der Waals surface area contributed by atoms with Crippen LogP contribution in [-0.4, -0.2) is 52.6 Å². The zero-order chi connectivity index (χ0) is 23.8. The number of hydrogen-bond donors (Lipinski definition) is 3. The van der Waals surface area contributed by atoms with Crippen molar-refractivity contribution in [3.8, 4) is 0 Å². The lowest BCUT2D eigenvalue weighted by molar-refractivity contribution is -0.653. The van der Waals surface area contributed by atoms with Gasteiger partial charge in [-0.2, -0.15) is 13.2 Å².